The monoisotopic (exact) mass is 372 g/mol. The molecule has 9 heteroatoms. The summed E-state index contributed by atoms with van der Waals surface area (Å²) in [7, 11) is 0. The van der Waals surface area contributed by atoms with E-state index in [0.29, 0.717) is 0 Å². The number of aliphatic hydroxyl groups is 2. The third kappa shape index (κ3) is 1.78. The van der Waals surface area contributed by atoms with E-state index >= 15 is 0 Å². The smallest absolute Gasteiger partial charge is 0.235 e. The third-order valence-corrected chi connectivity index (χ3v) is 5.18. The number of phenols is 3. The average Bonchev–Trinajstić information content (AvgIpc) is 3.02. The Bertz CT molecular complexity index is 1070. The molecule has 2 aromatic rings. The highest BCUT2D eigenvalue weighted by Gasteiger charge is 2.58. The van der Waals surface area contributed by atoms with Crippen LogP contribution in [0.25, 0.3) is 0 Å². The number of aromatic hydroxyl groups is 3. The number of rotatable bonds is 0. The molecule has 27 heavy (non-hydrogen) atoms. The average molecular weight is 372 g/mol. The third-order valence-electron chi connectivity index (χ3n) is 5.18. The van der Waals surface area contributed by atoms with Gasteiger partial charge in [0.2, 0.25) is 12.1 Å². The fourth-order valence-corrected chi connectivity index (χ4v) is 3.99. The first-order valence-corrected chi connectivity index (χ1v) is 8.01. The molecule has 5 N–H and O–H groups in total. The minimum Gasteiger partial charge on any atom is -0.507 e. The molecule has 3 atom stereocenters. The SMILES string of the molecule is O=C1c2cc3c(c(O)c2C(=O)c2c(O)ccc(O)c21)[C@]1(O)C[C@H](O)O[C@@H]1O3. The van der Waals surface area contributed by atoms with Crippen molar-refractivity contribution in [1.82, 2.24) is 0 Å². The molecular formula is C18H12O9. The predicted octanol–water partition coefficient (Wildman–Crippen LogP) is 0.224. The van der Waals surface area contributed by atoms with Crippen LogP contribution in [0.15, 0.2) is 18.2 Å². The van der Waals surface area contributed by atoms with E-state index in [2.05, 4.69) is 0 Å². The van der Waals surface area contributed by atoms with Crippen LogP contribution in [0.1, 0.15) is 43.8 Å². The van der Waals surface area contributed by atoms with Crippen LogP contribution >= 0.6 is 0 Å². The van der Waals surface area contributed by atoms with Crippen molar-refractivity contribution in [1.29, 1.82) is 0 Å². The van der Waals surface area contributed by atoms with Crippen molar-refractivity contribution in [3.05, 3.63) is 46.0 Å². The van der Waals surface area contributed by atoms with Crippen LogP contribution in [0, 0.1) is 0 Å². The molecule has 0 amide bonds. The van der Waals surface area contributed by atoms with Gasteiger partial charge in [-0.05, 0) is 18.2 Å². The summed E-state index contributed by atoms with van der Waals surface area (Å²) in [4.78, 5) is 25.8. The van der Waals surface area contributed by atoms with E-state index in [1.165, 1.54) is 6.07 Å². The second-order valence-electron chi connectivity index (χ2n) is 6.70. The Morgan fingerprint density at radius 1 is 1.00 bits per heavy atom. The van der Waals surface area contributed by atoms with Gasteiger partial charge in [0, 0.05) is 12.0 Å². The summed E-state index contributed by atoms with van der Waals surface area (Å²) in [5.74, 6) is -3.47. The van der Waals surface area contributed by atoms with Crippen molar-refractivity contribution in [2.45, 2.75) is 24.6 Å². The molecule has 2 heterocycles. The summed E-state index contributed by atoms with van der Waals surface area (Å²) in [5.41, 5.74) is -3.56. The second kappa shape index (κ2) is 4.77. The normalized spacial score (nSPS) is 27.6. The van der Waals surface area contributed by atoms with Gasteiger partial charge in [-0.2, -0.15) is 0 Å². The van der Waals surface area contributed by atoms with Crippen LogP contribution in [0.5, 0.6) is 23.0 Å². The molecule has 3 aliphatic rings. The molecule has 0 aromatic heterocycles. The van der Waals surface area contributed by atoms with Gasteiger partial charge in [-0.3, -0.25) is 9.59 Å². The zero-order valence-corrected chi connectivity index (χ0v) is 13.5. The summed E-state index contributed by atoms with van der Waals surface area (Å²) in [6.45, 7) is 0. The van der Waals surface area contributed by atoms with Gasteiger partial charge in [0.25, 0.3) is 0 Å². The number of hydrogen-bond acceptors (Lipinski definition) is 9. The van der Waals surface area contributed by atoms with Crippen molar-refractivity contribution in [2.75, 3.05) is 0 Å². The van der Waals surface area contributed by atoms with Gasteiger partial charge in [0.05, 0.1) is 22.3 Å². The van der Waals surface area contributed by atoms with Gasteiger partial charge < -0.3 is 35.0 Å². The number of carbonyl (C=O) groups excluding carboxylic acids is 2. The second-order valence-corrected chi connectivity index (χ2v) is 6.70. The first kappa shape index (κ1) is 16.1. The summed E-state index contributed by atoms with van der Waals surface area (Å²) < 4.78 is 10.5. The zero-order chi connectivity index (χ0) is 19.2. The number of hydrogen-bond donors (Lipinski definition) is 5. The van der Waals surface area contributed by atoms with E-state index in [-0.39, 0.29) is 28.9 Å². The van der Waals surface area contributed by atoms with Gasteiger partial charge in [-0.25, -0.2) is 0 Å². The number of ketones is 2. The molecule has 0 bridgehead atoms. The van der Waals surface area contributed by atoms with Crippen LogP contribution in [-0.4, -0.2) is 49.7 Å². The van der Waals surface area contributed by atoms with E-state index in [4.69, 9.17) is 9.47 Å². The highest BCUT2D eigenvalue weighted by Crippen LogP contribution is 2.55. The molecule has 1 aliphatic carbocycles. The Kier molecular flexibility index (Phi) is 2.84. The highest BCUT2D eigenvalue weighted by molar-refractivity contribution is 6.31. The Morgan fingerprint density at radius 3 is 2.30 bits per heavy atom. The lowest BCUT2D eigenvalue weighted by molar-refractivity contribution is -0.173. The molecule has 1 saturated heterocycles. The molecule has 9 nitrogen and oxygen atoms in total. The summed E-state index contributed by atoms with van der Waals surface area (Å²) in [5, 5.41) is 51.2. The molecule has 2 aliphatic heterocycles. The molecule has 0 radical (unpaired) electrons. The quantitative estimate of drug-likeness (QED) is 0.349. The Morgan fingerprint density at radius 2 is 1.63 bits per heavy atom. The molecule has 0 unspecified atom stereocenters. The summed E-state index contributed by atoms with van der Waals surface area (Å²) in [6, 6.07) is 3.31. The number of phenolic OH excluding ortho intramolecular Hbond substituents is 3. The first-order valence-electron chi connectivity index (χ1n) is 8.01. The zero-order valence-electron chi connectivity index (χ0n) is 13.5. The summed E-state index contributed by atoms with van der Waals surface area (Å²) in [6.07, 6.45) is -2.95. The molecule has 1 fully saturated rings. The lowest BCUT2D eigenvalue weighted by Crippen LogP contribution is -2.33. The molecule has 2 aromatic carbocycles. The molecule has 0 spiro atoms. The van der Waals surface area contributed by atoms with Crippen LogP contribution in [0.3, 0.4) is 0 Å². The van der Waals surface area contributed by atoms with Crippen LogP contribution in [0.4, 0.5) is 0 Å². The molecular weight excluding hydrogens is 360 g/mol. The highest BCUT2D eigenvalue weighted by atomic mass is 16.8. The van der Waals surface area contributed by atoms with Crippen molar-refractivity contribution >= 4 is 11.6 Å². The first-order chi connectivity index (χ1) is 12.7. The minimum atomic E-state index is -1.90. The van der Waals surface area contributed by atoms with Crippen molar-refractivity contribution in [2.24, 2.45) is 0 Å². The Labute approximate surface area is 150 Å². The maximum atomic E-state index is 12.9. The van der Waals surface area contributed by atoms with Crippen LogP contribution < -0.4 is 4.74 Å². The topological polar surface area (TPSA) is 154 Å². The van der Waals surface area contributed by atoms with E-state index < -0.39 is 58.1 Å². The van der Waals surface area contributed by atoms with E-state index in [1.807, 2.05) is 0 Å². The maximum Gasteiger partial charge on any atom is 0.235 e. The number of benzene rings is 2. The van der Waals surface area contributed by atoms with E-state index in [9.17, 15) is 35.1 Å². The van der Waals surface area contributed by atoms with Crippen molar-refractivity contribution in [3.63, 3.8) is 0 Å². The number of aliphatic hydroxyl groups excluding tert-OH is 1. The van der Waals surface area contributed by atoms with Gasteiger partial charge in [0.1, 0.15) is 23.0 Å². The number of carbonyl (C=O) groups is 2. The van der Waals surface area contributed by atoms with Gasteiger partial charge >= 0.3 is 0 Å². The molecule has 138 valence electrons. The fourth-order valence-electron chi connectivity index (χ4n) is 3.99. The van der Waals surface area contributed by atoms with Crippen molar-refractivity contribution in [3.8, 4) is 23.0 Å². The molecule has 5 rings (SSSR count). The van der Waals surface area contributed by atoms with Crippen molar-refractivity contribution < 1.29 is 44.6 Å². The Balaban J connectivity index is 1.80. The van der Waals surface area contributed by atoms with Gasteiger partial charge in [-0.1, -0.05) is 0 Å². The van der Waals surface area contributed by atoms with Crippen LogP contribution in [0.2, 0.25) is 0 Å². The standard InChI is InChI=1S/C18H12O9/c19-6-1-2-7(20)12-11(6)14(22)5-3-8-13(16(24)10(5)15(12)23)18(25)4-9(21)27-17(18)26-8/h1-3,9,17,19-21,24-25H,4H2/t9-,17+,18-/m1/s1. The van der Waals surface area contributed by atoms with Gasteiger partial charge in [0.15, 0.2) is 17.7 Å². The maximum absolute atomic E-state index is 12.9. The fraction of sp³-hybridized carbons (Fsp3) is 0.222. The number of fused-ring (bicyclic) bond motifs is 5. The lowest BCUT2D eigenvalue weighted by atomic mass is 9.79. The van der Waals surface area contributed by atoms with Gasteiger partial charge in [-0.15, -0.1) is 0 Å². The largest absolute Gasteiger partial charge is 0.507 e. The minimum absolute atomic E-state index is 0.0742. The number of ether oxygens (including phenoxy) is 2. The van der Waals surface area contributed by atoms with E-state index in [0.717, 1.165) is 12.1 Å². The molecule has 0 saturated carbocycles. The lowest BCUT2D eigenvalue weighted by Gasteiger charge is -2.23. The van der Waals surface area contributed by atoms with Crippen LogP contribution in [-0.2, 0) is 10.3 Å². The predicted molar refractivity (Wildman–Crippen MR) is 84.8 cm³/mol. The Hall–Kier alpha value is -3.14. The van der Waals surface area contributed by atoms with E-state index in [1.54, 1.807) is 0 Å². The summed E-state index contributed by atoms with van der Waals surface area (Å²) >= 11 is 0.